The molecule has 0 unspecified atom stereocenters. The Morgan fingerprint density at radius 2 is 1.76 bits per heavy atom. The van der Waals surface area contributed by atoms with Gasteiger partial charge in [-0.05, 0) is 56.9 Å². The van der Waals surface area contributed by atoms with Gasteiger partial charge in [-0.15, -0.1) is 0 Å². The van der Waals surface area contributed by atoms with Crippen LogP contribution in [0.1, 0.15) is 36.1 Å². The summed E-state index contributed by atoms with van der Waals surface area (Å²) < 4.78 is 0. The van der Waals surface area contributed by atoms with Crippen LogP contribution in [0.5, 0.6) is 0 Å². The molecule has 0 aliphatic rings. The molecule has 0 heterocycles. The molecule has 0 nitrogen and oxygen atoms in total. The van der Waals surface area contributed by atoms with Gasteiger partial charge >= 0.3 is 0 Å². The monoisotopic (exact) mass is 226 g/mol. The minimum absolute atomic E-state index is 1.08. The van der Waals surface area contributed by atoms with Crippen molar-refractivity contribution in [2.75, 3.05) is 0 Å². The fourth-order valence-corrected chi connectivity index (χ4v) is 1.79. The van der Waals surface area contributed by atoms with Gasteiger partial charge in [-0.2, -0.15) is 0 Å². The first-order valence-electron chi connectivity index (χ1n) is 6.03. The van der Waals surface area contributed by atoms with E-state index >= 15 is 0 Å². The lowest BCUT2D eigenvalue weighted by atomic mass is 9.95. The molecule has 0 saturated carbocycles. The Morgan fingerprint density at radius 3 is 2.35 bits per heavy atom. The highest BCUT2D eigenvalue weighted by Gasteiger charge is 2.04. The second-order valence-corrected chi connectivity index (χ2v) is 4.65. The molecule has 0 amide bonds. The van der Waals surface area contributed by atoms with Crippen LogP contribution in [0.3, 0.4) is 0 Å². The topological polar surface area (TPSA) is 0 Å². The lowest BCUT2D eigenvalue weighted by molar-refractivity contribution is 1.28. The van der Waals surface area contributed by atoms with E-state index in [1.54, 1.807) is 0 Å². The first-order valence-corrected chi connectivity index (χ1v) is 6.03. The number of rotatable bonds is 3. The highest BCUT2D eigenvalue weighted by atomic mass is 14.1. The molecule has 0 spiro atoms. The predicted octanol–water partition coefficient (Wildman–Crippen LogP) is 5.15. The van der Waals surface area contributed by atoms with Crippen LogP contribution in [0.25, 0.3) is 5.57 Å². The van der Waals surface area contributed by atoms with Crippen LogP contribution in [-0.2, 0) is 0 Å². The van der Waals surface area contributed by atoms with Gasteiger partial charge in [0.05, 0.1) is 0 Å². The van der Waals surface area contributed by atoms with Gasteiger partial charge in [-0.25, -0.2) is 0 Å². The quantitative estimate of drug-likeness (QED) is 0.625. The summed E-state index contributed by atoms with van der Waals surface area (Å²) in [6, 6.07) is 4.42. The third-order valence-corrected chi connectivity index (χ3v) is 3.16. The molecular weight excluding hydrogens is 204 g/mol. The van der Waals surface area contributed by atoms with E-state index in [9.17, 15) is 0 Å². The predicted molar refractivity (Wildman–Crippen MR) is 78.3 cm³/mol. The van der Waals surface area contributed by atoms with Gasteiger partial charge in [0.2, 0.25) is 0 Å². The number of hydrogen-bond acceptors (Lipinski definition) is 0. The van der Waals surface area contributed by atoms with Crippen LogP contribution in [0.15, 0.2) is 42.5 Å². The van der Waals surface area contributed by atoms with Crippen molar-refractivity contribution in [2.45, 2.75) is 34.6 Å². The number of allylic oxidation sites excluding steroid dienone is 5. The minimum Gasteiger partial charge on any atom is -0.0911 e. The molecule has 1 aromatic carbocycles. The third kappa shape index (κ3) is 3.45. The van der Waals surface area contributed by atoms with Crippen LogP contribution >= 0.6 is 0 Å². The molecule has 90 valence electrons. The van der Waals surface area contributed by atoms with Gasteiger partial charge < -0.3 is 0 Å². The molecule has 0 atom stereocenters. The average Bonchev–Trinajstić information content (AvgIpc) is 2.30. The summed E-state index contributed by atoms with van der Waals surface area (Å²) in [5, 5.41) is 0. The molecule has 0 aliphatic heterocycles. The van der Waals surface area contributed by atoms with E-state index < -0.39 is 0 Å². The Morgan fingerprint density at radius 1 is 1.12 bits per heavy atom. The largest absolute Gasteiger partial charge is 0.0911 e. The van der Waals surface area contributed by atoms with Crippen molar-refractivity contribution >= 4 is 5.57 Å². The Bertz CT molecular complexity index is 485. The molecular formula is C17H22. The van der Waals surface area contributed by atoms with Crippen molar-refractivity contribution in [1.82, 2.24) is 0 Å². The highest BCUT2D eigenvalue weighted by Crippen LogP contribution is 2.23. The Balaban J connectivity index is 3.09. The fourth-order valence-electron chi connectivity index (χ4n) is 1.79. The maximum absolute atomic E-state index is 4.16. The summed E-state index contributed by atoms with van der Waals surface area (Å²) >= 11 is 0. The number of hydrogen-bond donors (Lipinski definition) is 0. The van der Waals surface area contributed by atoms with E-state index in [1.165, 1.54) is 27.8 Å². The molecule has 0 heteroatoms. The summed E-state index contributed by atoms with van der Waals surface area (Å²) in [6.45, 7) is 14.7. The van der Waals surface area contributed by atoms with Crippen LogP contribution < -0.4 is 0 Å². The van der Waals surface area contributed by atoms with Crippen molar-refractivity contribution in [1.29, 1.82) is 0 Å². The van der Waals surface area contributed by atoms with Gasteiger partial charge in [-0.1, -0.05) is 48.1 Å². The summed E-state index contributed by atoms with van der Waals surface area (Å²) in [5.74, 6) is 0. The zero-order chi connectivity index (χ0) is 13.0. The number of benzene rings is 1. The van der Waals surface area contributed by atoms with Gasteiger partial charge in [0, 0.05) is 0 Å². The van der Waals surface area contributed by atoms with Crippen LogP contribution in [-0.4, -0.2) is 0 Å². The molecule has 0 saturated heterocycles. The Hall–Kier alpha value is -1.56. The Labute approximate surface area is 105 Å². The van der Waals surface area contributed by atoms with Crippen molar-refractivity contribution in [2.24, 2.45) is 0 Å². The second kappa shape index (κ2) is 5.67. The van der Waals surface area contributed by atoms with Crippen molar-refractivity contribution in [3.8, 4) is 0 Å². The van der Waals surface area contributed by atoms with E-state index in [-0.39, 0.29) is 0 Å². The molecule has 0 fully saturated rings. The van der Waals surface area contributed by atoms with E-state index in [4.69, 9.17) is 0 Å². The molecule has 0 bridgehead atoms. The zero-order valence-electron chi connectivity index (χ0n) is 11.6. The SMILES string of the molecule is C=C(/C=C\C(C)=C/C)c1cc(C)cc(C)c1C. The van der Waals surface area contributed by atoms with Crippen LogP contribution in [0, 0.1) is 20.8 Å². The van der Waals surface area contributed by atoms with E-state index in [1.807, 2.05) is 6.92 Å². The maximum Gasteiger partial charge on any atom is -0.0155 e. The molecule has 0 aromatic heterocycles. The van der Waals surface area contributed by atoms with Gasteiger partial charge in [0.25, 0.3) is 0 Å². The molecule has 17 heavy (non-hydrogen) atoms. The Kier molecular flexibility index (Phi) is 4.51. The normalized spacial score (nSPS) is 12.2. The molecule has 0 radical (unpaired) electrons. The average molecular weight is 226 g/mol. The standard InChI is InChI=1S/C17H22/c1-7-12(2)8-9-14(4)17-11-13(3)10-15(5)16(17)6/h7-11H,4H2,1-3,5-6H3/b9-8-,12-7-. The minimum atomic E-state index is 1.08. The van der Waals surface area contributed by atoms with Gasteiger partial charge in [0.15, 0.2) is 0 Å². The van der Waals surface area contributed by atoms with Gasteiger partial charge in [-0.3, -0.25) is 0 Å². The third-order valence-electron chi connectivity index (χ3n) is 3.16. The smallest absolute Gasteiger partial charge is 0.0155 e. The highest BCUT2D eigenvalue weighted by molar-refractivity contribution is 5.75. The summed E-state index contributed by atoms with van der Waals surface area (Å²) in [6.07, 6.45) is 6.30. The van der Waals surface area contributed by atoms with Crippen LogP contribution in [0.2, 0.25) is 0 Å². The van der Waals surface area contributed by atoms with E-state index in [0.29, 0.717) is 0 Å². The molecule has 1 rings (SSSR count). The lowest BCUT2D eigenvalue weighted by Gasteiger charge is -2.10. The zero-order valence-corrected chi connectivity index (χ0v) is 11.6. The summed E-state index contributed by atoms with van der Waals surface area (Å²) in [7, 11) is 0. The molecule has 0 N–H and O–H groups in total. The fraction of sp³-hybridized carbons (Fsp3) is 0.294. The van der Waals surface area contributed by atoms with Crippen molar-refractivity contribution in [3.63, 3.8) is 0 Å². The first-order chi connectivity index (χ1) is 7.95. The van der Waals surface area contributed by atoms with Crippen LogP contribution in [0.4, 0.5) is 0 Å². The molecule has 0 aliphatic carbocycles. The summed E-state index contributed by atoms with van der Waals surface area (Å²) in [4.78, 5) is 0. The van der Waals surface area contributed by atoms with Gasteiger partial charge in [0.1, 0.15) is 0 Å². The summed E-state index contributed by atoms with van der Waals surface area (Å²) in [5.41, 5.74) is 7.53. The van der Waals surface area contributed by atoms with E-state index in [0.717, 1.165) is 5.57 Å². The number of aryl methyl sites for hydroxylation is 2. The van der Waals surface area contributed by atoms with E-state index in [2.05, 4.69) is 64.6 Å². The van der Waals surface area contributed by atoms with Crippen molar-refractivity contribution in [3.05, 3.63) is 64.8 Å². The maximum atomic E-state index is 4.16. The molecule has 1 aromatic rings. The second-order valence-electron chi connectivity index (χ2n) is 4.65. The lowest BCUT2D eigenvalue weighted by Crippen LogP contribution is -1.91. The first kappa shape index (κ1) is 13.5. The van der Waals surface area contributed by atoms with Crippen molar-refractivity contribution < 1.29 is 0 Å².